The van der Waals surface area contributed by atoms with E-state index in [0.29, 0.717) is 5.13 Å². The molecular formula is C13H18N4OS2. The first-order valence-corrected chi connectivity index (χ1v) is 8.30. The maximum absolute atomic E-state index is 5.75. The van der Waals surface area contributed by atoms with Gasteiger partial charge in [-0.05, 0) is 12.8 Å². The van der Waals surface area contributed by atoms with Crippen molar-refractivity contribution in [1.82, 2.24) is 15.2 Å². The number of aromatic nitrogens is 3. The zero-order valence-corrected chi connectivity index (χ0v) is 13.5. The molecule has 1 unspecified atom stereocenters. The van der Waals surface area contributed by atoms with Crippen molar-refractivity contribution in [2.45, 2.75) is 45.1 Å². The van der Waals surface area contributed by atoms with Crippen LogP contribution in [0.4, 0.5) is 5.13 Å². The summed E-state index contributed by atoms with van der Waals surface area (Å²) in [6.45, 7) is 7.32. The third-order valence-electron chi connectivity index (χ3n) is 3.19. The maximum Gasteiger partial charge on any atom is 0.203 e. The Balaban J connectivity index is 2.06. The van der Waals surface area contributed by atoms with Gasteiger partial charge in [0.1, 0.15) is 11.1 Å². The van der Waals surface area contributed by atoms with Crippen LogP contribution < -0.4 is 5.73 Å². The fraction of sp³-hybridized carbons (Fsp3) is 0.615. The quantitative estimate of drug-likeness (QED) is 0.920. The zero-order chi connectivity index (χ0) is 14.3. The molecule has 108 valence electrons. The molecule has 0 saturated carbocycles. The Morgan fingerprint density at radius 3 is 2.60 bits per heavy atom. The lowest BCUT2D eigenvalue weighted by atomic mass is 9.91. The minimum absolute atomic E-state index is 0.0386. The lowest BCUT2D eigenvalue weighted by molar-refractivity contribution is 0.111. The van der Waals surface area contributed by atoms with E-state index < -0.39 is 0 Å². The molecule has 2 aromatic rings. The third kappa shape index (κ3) is 2.57. The monoisotopic (exact) mass is 310 g/mol. The van der Waals surface area contributed by atoms with E-state index in [4.69, 9.17) is 15.5 Å². The summed E-state index contributed by atoms with van der Waals surface area (Å²) < 4.78 is 5.75. The summed E-state index contributed by atoms with van der Waals surface area (Å²) in [4.78, 5) is 5.92. The van der Waals surface area contributed by atoms with E-state index in [1.54, 1.807) is 11.3 Å². The highest BCUT2D eigenvalue weighted by molar-refractivity contribution is 7.23. The van der Waals surface area contributed by atoms with E-state index in [0.717, 1.165) is 40.0 Å². The van der Waals surface area contributed by atoms with Gasteiger partial charge in [0.2, 0.25) is 5.13 Å². The van der Waals surface area contributed by atoms with Crippen LogP contribution in [-0.4, -0.2) is 21.8 Å². The molecule has 20 heavy (non-hydrogen) atoms. The van der Waals surface area contributed by atoms with Crippen LogP contribution in [0.2, 0.25) is 0 Å². The van der Waals surface area contributed by atoms with Gasteiger partial charge in [0.25, 0.3) is 0 Å². The minimum atomic E-state index is -0.0386. The van der Waals surface area contributed by atoms with Crippen LogP contribution in [0.5, 0.6) is 0 Å². The first-order chi connectivity index (χ1) is 9.45. The van der Waals surface area contributed by atoms with Crippen LogP contribution in [0.1, 0.15) is 50.4 Å². The predicted octanol–water partition coefficient (Wildman–Crippen LogP) is 3.39. The smallest absolute Gasteiger partial charge is 0.203 e. The standard InChI is InChI=1S/C13H18N4OS2/c1-13(2,3)9-8(11-16-17-12(14)20-11)19-10(15-9)7-5-4-6-18-7/h7H,4-6H2,1-3H3,(H2,14,17). The number of nitrogens with two attached hydrogens (primary N) is 1. The largest absolute Gasteiger partial charge is 0.374 e. The molecule has 0 aliphatic carbocycles. The summed E-state index contributed by atoms with van der Waals surface area (Å²) in [6.07, 6.45) is 2.30. The second kappa shape index (κ2) is 5.05. The minimum Gasteiger partial charge on any atom is -0.374 e. The van der Waals surface area contributed by atoms with Crippen molar-refractivity contribution in [2.75, 3.05) is 12.3 Å². The van der Waals surface area contributed by atoms with Gasteiger partial charge in [0.15, 0.2) is 5.01 Å². The molecule has 0 spiro atoms. The highest BCUT2D eigenvalue weighted by Crippen LogP contribution is 2.42. The topological polar surface area (TPSA) is 73.9 Å². The molecule has 7 heteroatoms. The van der Waals surface area contributed by atoms with Gasteiger partial charge in [0.05, 0.1) is 10.6 Å². The molecule has 1 aliphatic rings. The molecule has 1 saturated heterocycles. The van der Waals surface area contributed by atoms with Crippen molar-refractivity contribution in [3.63, 3.8) is 0 Å². The molecule has 0 bridgehead atoms. The van der Waals surface area contributed by atoms with E-state index in [9.17, 15) is 0 Å². The Morgan fingerprint density at radius 1 is 1.25 bits per heavy atom. The van der Waals surface area contributed by atoms with Gasteiger partial charge in [-0.25, -0.2) is 4.98 Å². The first kappa shape index (κ1) is 13.9. The van der Waals surface area contributed by atoms with E-state index in [1.807, 2.05) is 0 Å². The van der Waals surface area contributed by atoms with Crippen molar-refractivity contribution in [3.05, 3.63) is 10.7 Å². The van der Waals surface area contributed by atoms with Gasteiger partial charge in [-0.2, -0.15) is 0 Å². The van der Waals surface area contributed by atoms with E-state index in [2.05, 4.69) is 31.0 Å². The Morgan fingerprint density at radius 2 is 2.05 bits per heavy atom. The molecule has 3 heterocycles. The summed E-state index contributed by atoms with van der Waals surface area (Å²) in [7, 11) is 0. The Kier molecular flexibility index (Phi) is 3.51. The highest BCUT2D eigenvalue weighted by atomic mass is 32.1. The molecular weight excluding hydrogens is 292 g/mol. The normalized spacial score (nSPS) is 19.6. The number of ether oxygens (including phenoxy) is 1. The second-order valence-electron chi connectivity index (χ2n) is 5.93. The number of nitrogens with zero attached hydrogens (tertiary/aromatic N) is 3. The molecule has 1 atom stereocenters. The number of nitrogen functional groups attached to an aromatic ring is 1. The van der Waals surface area contributed by atoms with Crippen molar-refractivity contribution in [3.8, 4) is 9.88 Å². The van der Waals surface area contributed by atoms with Crippen molar-refractivity contribution < 1.29 is 4.74 Å². The van der Waals surface area contributed by atoms with Crippen molar-refractivity contribution in [2.24, 2.45) is 0 Å². The van der Waals surface area contributed by atoms with Crippen molar-refractivity contribution in [1.29, 1.82) is 0 Å². The molecule has 2 aromatic heterocycles. The molecule has 1 aliphatic heterocycles. The predicted molar refractivity (Wildman–Crippen MR) is 82.1 cm³/mol. The second-order valence-corrected chi connectivity index (χ2v) is 7.97. The number of thiazole rings is 1. The first-order valence-electron chi connectivity index (χ1n) is 6.67. The average Bonchev–Trinajstić information content (AvgIpc) is 3.06. The van der Waals surface area contributed by atoms with Gasteiger partial charge >= 0.3 is 0 Å². The van der Waals surface area contributed by atoms with Crippen LogP contribution >= 0.6 is 22.7 Å². The number of hydrogen-bond acceptors (Lipinski definition) is 7. The summed E-state index contributed by atoms with van der Waals surface area (Å²) >= 11 is 3.08. The average molecular weight is 310 g/mol. The fourth-order valence-corrected chi connectivity index (χ4v) is 4.27. The molecule has 0 aromatic carbocycles. The van der Waals surface area contributed by atoms with Gasteiger partial charge in [0, 0.05) is 12.0 Å². The van der Waals surface area contributed by atoms with Gasteiger partial charge < -0.3 is 10.5 Å². The molecule has 0 amide bonds. The summed E-state index contributed by atoms with van der Waals surface area (Å²) in [5, 5.41) is 10.5. The van der Waals surface area contributed by atoms with Crippen LogP contribution in [0.3, 0.4) is 0 Å². The Hall–Kier alpha value is -1.05. The summed E-state index contributed by atoms with van der Waals surface area (Å²) in [6, 6.07) is 0. The third-order valence-corrected chi connectivity index (χ3v) is 5.25. The molecule has 3 rings (SSSR count). The zero-order valence-electron chi connectivity index (χ0n) is 11.8. The lowest BCUT2D eigenvalue weighted by Gasteiger charge is -2.16. The summed E-state index contributed by atoms with van der Waals surface area (Å²) in [5.41, 5.74) is 6.73. The number of rotatable bonds is 2. The molecule has 5 nitrogen and oxygen atoms in total. The number of hydrogen-bond donors (Lipinski definition) is 1. The highest BCUT2D eigenvalue weighted by Gasteiger charge is 2.30. The van der Waals surface area contributed by atoms with E-state index >= 15 is 0 Å². The van der Waals surface area contributed by atoms with E-state index in [1.165, 1.54) is 11.3 Å². The fourth-order valence-electron chi connectivity index (χ4n) is 2.23. The lowest BCUT2D eigenvalue weighted by Crippen LogP contribution is -2.13. The van der Waals surface area contributed by atoms with Gasteiger partial charge in [-0.1, -0.05) is 32.1 Å². The van der Waals surface area contributed by atoms with Crippen LogP contribution in [-0.2, 0) is 10.2 Å². The molecule has 0 radical (unpaired) electrons. The maximum atomic E-state index is 5.75. The number of anilines is 1. The van der Waals surface area contributed by atoms with Crippen molar-refractivity contribution >= 4 is 27.8 Å². The van der Waals surface area contributed by atoms with Crippen LogP contribution in [0, 0.1) is 0 Å². The van der Waals surface area contributed by atoms with Gasteiger partial charge in [-0.3, -0.25) is 0 Å². The Bertz CT molecular complexity index is 608. The molecule has 2 N–H and O–H groups in total. The van der Waals surface area contributed by atoms with Gasteiger partial charge in [-0.15, -0.1) is 21.5 Å². The van der Waals surface area contributed by atoms with E-state index in [-0.39, 0.29) is 11.5 Å². The molecule has 1 fully saturated rings. The Labute approximate surface area is 126 Å². The SMILES string of the molecule is CC(C)(C)c1nc(C2CCCO2)sc1-c1nnc(N)s1. The van der Waals surface area contributed by atoms with Crippen LogP contribution in [0.25, 0.3) is 9.88 Å². The summed E-state index contributed by atoms with van der Waals surface area (Å²) in [5.74, 6) is 0. The van der Waals surface area contributed by atoms with Crippen LogP contribution in [0.15, 0.2) is 0 Å².